The number of anilines is 1. The Morgan fingerprint density at radius 3 is 1.81 bits per heavy atom. The van der Waals surface area contributed by atoms with Crippen LogP contribution in [0.3, 0.4) is 0 Å². The second kappa shape index (κ2) is 5.79. The van der Waals surface area contributed by atoms with E-state index in [0.29, 0.717) is 0 Å². The van der Waals surface area contributed by atoms with Crippen LogP contribution in [-0.4, -0.2) is 33.3 Å². The summed E-state index contributed by atoms with van der Waals surface area (Å²) in [5.74, 6) is -4.82. The van der Waals surface area contributed by atoms with Crippen molar-refractivity contribution >= 4 is 5.69 Å². The van der Waals surface area contributed by atoms with E-state index in [-0.39, 0.29) is 5.56 Å². The fraction of sp³-hybridized carbons (Fsp3) is 0.571. The number of ether oxygens (including phenoxy) is 1. The van der Waals surface area contributed by atoms with Gasteiger partial charge in [0.2, 0.25) is 0 Å². The van der Waals surface area contributed by atoms with Gasteiger partial charge in [0.05, 0.1) is 12.0 Å². The second-order valence-corrected chi connectivity index (χ2v) is 5.26. The van der Waals surface area contributed by atoms with E-state index in [9.17, 15) is 22.0 Å². The van der Waals surface area contributed by atoms with Crippen LogP contribution < -0.4 is 4.90 Å². The number of nitrogens with zero attached hydrogens (tertiary/aromatic N) is 1. The fourth-order valence-corrected chi connectivity index (χ4v) is 1.93. The van der Waals surface area contributed by atoms with Gasteiger partial charge in [0.15, 0.2) is 0 Å². The molecule has 2 nitrogen and oxygen atoms in total. The minimum atomic E-state index is -5.60. The van der Waals surface area contributed by atoms with Gasteiger partial charge in [-0.15, -0.1) is 0 Å². The number of rotatable bonds is 5. The first-order valence-corrected chi connectivity index (χ1v) is 6.20. The Morgan fingerprint density at radius 2 is 1.48 bits per heavy atom. The van der Waals surface area contributed by atoms with Crippen molar-refractivity contribution in [1.29, 1.82) is 0 Å². The Labute approximate surface area is 120 Å². The van der Waals surface area contributed by atoms with Crippen molar-refractivity contribution in [2.45, 2.75) is 31.0 Å². The van der Waals surface area contributed by atoms with Crippen molar-refractivity contribution in [2.75, 3.05) is 26.1 Å². The third-order valence-corrected chi connectivity index (χ3v) is 3.42. The summed E-state index contributed by atoms with van der Waals surface area (Å²) in [4.78, 5) is 1.79. The smallest absolute Gasteiger partial charge is 0.378 e. The van der Waals surface area contributed by atoms with E-state index in [1.165, 1.54) is 19.1 Å². The van der Waals surface area contributed by atoms with Crippen LogP contribution in [0.15, 0.2) is 24.3 Å². The molecule has 0 saturated carbocycles. The zero-order chi connectivity index (χ0) is 16.5. The van der Waals surface area contributed by atoms with E-state index < -0.39 is 24.1 Å². The van der Waals surface area contributed by atoms with Crippen LogP contribution in [0.4, 0.5) is 27.6 Å². The first kappa shape index (κ1) is 17.7. The predicted octanol–water partition coefficient (Wildman–Crippen LogP) is 4.20. The number of halogens is 5. The quantitative estimate of drug-likeness (QED) is 0.756. The van der Waals surface area contributed by atoms with Crippen molar-refractivity contribution < 1.29 is 26.7 Å². The molecule has 0 radical (unpaired) electrons. The lowest BCUT2D eigenvalue weighted by atomic mass is 9.89. The lowest BCUT2D eigenvalue weighted by molar-refractivity contribution is -0.298. The summed E-state index contributed by atoms with van der Waals surface area (Å²) < 4.78 is 68.7. The summed E-state index contributed by atoms with van der Waals surface area (Å²) in [6, 6.07) is 6.26. The van der Waals surface area contributed by atoms with Gasteiger partial charge in [-0.25, -0.2) is 0 Å². The highest BCUT2D eigenvalue weighted by atomic mass is 19.4. The lowest BCUT2D eigenvalue weighted by Crippen LogP contribution is -2.43. The average molecular weight is 311 g/mol. The fourth-order valence-electron chi connectivity index (χ4n) is 1.93. The maximum absolute atomic E-state index is 13.3. The molecule has 0 fully saturated rings. The van der Waals surface area contributed by atoms with Crippen LogP contribution >= 0.6 is 0 Å². The highest BCUT2D eigenvalue weighted by Crippen LogP contribution is 2.45. The average Bonchev–Trinajstić information content (AvgIpc) is 2.37. The van der Waals surface area contributed by atoms with Crippen molar-refractivity contribution in [3.8, 4) is 0 Å². The van der Waals surface area contributed by atoms with Crippen LogP contribution in [0, 0.1) is 0 Å². The van der Waals surface area contributed by atoms with Gasteiger partial charge in [0.25, 0.3) is 0 Å². The van der Waals surface area contributed by atoms with Crippen LogP contribution in [0.5, 0.6) is 0 Å². The van der Waals surface area contributed by atoms with Crippen LogP contribution in [0.2, 0.25) is 0 Å². The van der Waals surface area contributed by atoms with Gasteiger partial charge in [-0.1, -0.05) is 12.1 Å². The van der Waals surface area contributed by atoms with Crippen molar-refractivity contribution in [2.24, 2.45) is 0 Å². The van der Waals surface area contributed by atoms with Crippen LogP contribution in [0.25, 0.3) is 0 Å². The zero-order valence-corrected chi connectivity index (χ0v) is 12.3. The summed E-state index contributed by atoms with van der Waals surface area (Å²) in [5.41, 5.74) is -0.663. The van der Waals surface area contributed by atoms with E-state index in [0.717, 1.165) is 12.8 Å². The summed E-state index contributed by atoms with van der Waals surface area (Å²) in [5, 5.41) is 0. The largest absolute Gasteiger partial charge is 0.453 e. The molecule has 0 saturated heterocycles. The minimum absolute atomic E-state index is 0.263. The molecule has 1 aromatic carbocycles. The molecule has 0 aliphatic carbocycles. The Hall–Kier alpha value is -1.37. The van der Waals surface area contributed by atoms with Gasteiger partial charge in [-0.05, 0) is 24.6 Å². The first-order valence-electron chi connectivity index (χ1n) is 6.20. The number of benzene rings is 1. The van der Waals surface area contributed by atoms with E-state index in [1.54, 1.807) is 31.1 Å². The molecule has 0 heterocycles. The third kappa shape index (κ3) is 3.84. The monoisotopic (exact) mass is 311 g/mol. The molecule has 7 heteroatoms. The minimum Gasteiger partial charge on any atom is -0.378 e. The van der Waals surface area contributed by atoms with Crippen LogP contribution in [-0.2, 0) is 10.3 Å². The summed E-state index contributed by atoms with van der Waals surface area (Å²) in [7, 11) is 4.71. The molecule has 1 rings (SSSR count). The third-order valence-electron chi connectivity index (χ3n) is 3.42. The van der Waals surface area contributed by atoms with Crippen molar-refractivity contribution in [1.82, 2.24) is 0 Å². The van der Waals surface area contributed by atoms with E-state index >= 15 is 0 Å². The number of alkyl halides is 5. The SMILES string of the molecule is COC(C)(CC(F)(F)C(F)(F)F)c1ccc(N(C)C)cc1. The Kier molecular flexibility index (Phi) is 4.87. The highest BCUT2D eigenvalue weighted by Gasteiger charge is 2.60. The van der Waals surface area contributed by atoms with Gasteiger partial charge in [-0.2, -0.15) is 22.0 Å². The van der Waals surface area contributed by atoms with Crippen molar-refractivity contribution in [3.05, 3.63) is 29.8 Å². The topological polar surface area (TPSA) is 12.5 Å². The number of methoxy groups -OCH3 is 1. The summed E-state index contributed by atoms with van der Waals surface area (Å²) in [6.45, 7) is 1.22. The molecule has 0 bridgehead atoms. The molecule has 1 aromatic rings. The molecular weight excluding hydrogens is 293 g/mol. The molecule has 0 aromatic heterocycles. The molecule has 0 amide bonds. The summed E-state index contributed by atoms with van der Waals surface area (Å²) in [6.07, 6.45) is -7.07. The van der Waals surface area contributed by atoms with E-state index in [2.05, 4.69) is 0 Å². The lowest BCUT2D eigenvalue weighted by Gasteiger charge is -2.33. The van der Waals surface area contributed by atoms with Gasteiger partial charge in [0, 0.05) is 26.9 Å². The Balaban J connectivity index is 3.10. The van der Waals surface area contributed by atoms with Gasteiger partial charge in [-0.3, -0.25) is 0 Å². The summed E-state index contributed by atoms with van der Waals surface area (Å²) >= 11 is 0. The Bertz CT molecular complexity index is 469. The molecule has 0 aliphatic rings. The number of hydrogen-bond donors (Lipinski definition) is 0. The van der Waals surface area contributed by atoms with Gasteiger partial charge >= 0.3 is 12.1 Å². The van der Waals surface area contributed by atoms with Gasteiger partial charge < -0.3 is 9.64 Å². The standard InChI is InChI=1S/C14H18F5NO/c1-12(21-4,9-13(15,16)14(17,18)19)10-5-7-11(8-6-10)20(2)3/h5-8H,9H2,1-4H3. The zero-order valence-electron chi connectivity index (χ0n) is 12.3. The number of hydrogen-bond acceptors (Lipinski definition) is 2. The first-order chi connectivity index (χ1) is 9.43. The molecule has 1 unspecified atom stereocenters. The van der Waals surface area contributed by atoms with E-state index in [4.69, 9.17) is 4.74 Å². The molecule has 21 heavy (non-hydrogen) atoms. The molecule has 1 atom stereocenters. The maximum Gasteiger partial charge on any atom is 0.453 e. The predicted molar refractivity (Wildman–Crippen MR) is 70.7 cm³/mol. The molecule has 0 aliphatic heterocycles. The maximum atomic E-state index is 13.3. The molecule has 0 N–H and O–H groups in total. The Morgan fingerprint density at radius 1 is 1.00 bits per heavy atom. The highest BCUT2D eigenvalue weighted by molar-refractivity contribution is 5.47. The molecular formula is C14H18F5NO. The normalized spacial score (nSPS) is 15.7. The second-order valence-electron chi connectivity index (χ2n) is 5.26. The van der Waals surface area contributed by atoms with E-state index in [1.807, 2.05) is 0 Å². The van der Waals surface area contributed by atoms with Crippen molar-refractivity contribution in [3.63, 3.8) is 0 Å². The molecule has 120 valence electrons. The van der Waals surface area contributed by atoms with Crippen LogP contribution in [0.1, 0.15) is 18.9 Å². The van der Waals surface area contributed by atoms with Gasteiger partial charge in [0.1, 0.15) is 0 Å². The molecule has 0 spiro atoms.